The van der Waals surface area contributed by atoms with Gasteiger partial charge in [-0.1, -0.05) is 60.7 Å². The third kappa shape index (κ3) is 5.02. The molecule has 148 valence electrons. The van der Waals surface area contributed by atoms with E-state index in [1.54, 1.807) is 6.07 Å². The zero-order chi connectivity index (χ0) is 20.1. The highest BCUT2D eigenvalue weighted by Gasteiger charge is 2.35. The van der Waals surface area contributed by atoms with Crippen LogP contribution in [0.4, 0.5) is 0 Å². The van der Waals surface area contributed by atoms with Crippen LogP contribution in [0.2, 0.25) is 0 Å². The molecule has 0 bridgehead atoms. The first kappa shape index (κ1) is 20.6. The van der Waals surface area contributed by atoms with Crippen LogP contribution in [0.1, 0.15) is 39.0 Å². The van der Waals surface area contributed by atoms with E-state index in [1.807, 2.05) is 88.4 Å². The topological polar surface area (TPSA) is 48.7 Å². The Balaban J connectivity index is 2.08. The molecule has 0 atom stereocenters. The largest absolute Gasteiger partial charge is 0.452 e. The Bertz CT molecular complexity index is 916. The zero-order valence-electron chi connectivity index (χ0n) is 16.8. The fourth-order valence-electron chi connectivity index (χ4n) is 3.01. The van der Waals surface area contributed by atoms with Gasteiger partial charge in [0.15, 0.2) is 0 Å². The van der Waals surface area contributed by atoms with Crippen molar-refractivity contribution in [2.24, 2.45) is 0 Å². The average molecular weight is 398 g/mol. The second-order valence-corrected chi connectivity index (χ2v) is 9.11. The van der Waals surface area contributed by atoms with Crippen LogP contribution in [0.15, 0.2) is 71.1 Å². The summed E-state index contributed by atoms with van der Waals surface area (Å²) in [5, 5.41) is 0. The zero-order valence-corrected chi connectivity index (χ0v) is 17.7. The predicted octanol–water partition coefficient (Wildman–Crippen LogP) is 6.21. The minimum atomic E-state index is -3.58. The van der Waals surface area contributed by atoms with Crippen LogP contribution in [0.25, 0.3) is 11.1 Å². The molecule has 2 aromatic carbocycles. The molecule has 3 aromatic rings. The standard InChI is InChI=1S/C23H27O4P/c1-17(2)26-28(24,27-18(3)4)23-16-21(20-13-9-6-10-14-20)22(25-23)15-19-11-7-5-8-12-19/h5-14,16-18H,15H2,1-4H3. The molecule has 0 aliphatic rings. The molecule has 0 fully saturated rings. The summed E-state index contributed by atoms with van der Waals surface area (Å²) in [5.74, 6) is 0.743. The summed E-state index contributed by atoms with van der Waals surface area (Å²) >= 11 is 0. The van der Waals surface area contributed by atoms with Crippen LogP contribution in [-0.4, -0.2) is 12.2 Å². The van der Waals surface area contributed by atoms with Gasteiger partial charge in [0.05, 0.1) is 12.2 Å². The molecule has 5 heteroatoms. The second-order valence-electron chi connectivity index (χ2n) is 7.26. The van der Waals surface area contributed by atoms with Crippen LogP contribution in [0, 0.1) is 0 Å². The fourth-order valence-corrected chi connectivity index (χ4v) is 4.88. The lowest BCUT2D eigenvalue weighted by atomic mass is 10.0. The van der Waals surface area contributed by atoms with Crippen molar-refractivity contribution in [2.45, 2.75) is 46.3 Å². The van der Waals surface area contributed by atoms with Gasteiger partial charge in [0.1, 0.15) is 5.76 Å². The van der Waals surface area contributed by atoms with Gasteiger partial charge in [-0.25, -0.2) is 0 Å². The maximum absolute atomic E-state index is 13.5. The van der Waals surface area contributed by atoms with Gasteiger partial charge in [-0.05, 0) is 38.8 Å². The molecule has 0 saturated heterocycles. The Morgan fingerprint density at radius 1 is 0.857 bits per heavy atom. The maximum atomic E-state index is 13.5. The number of hydrogen-bond donors (Lipinski definition) is 0. The first-order chi connectivity index (χ1) is 13.4. The van der Waals surface area contributed by atoms with Gasteiger partial charge >= 0.3 is 7.60 Å². The Kier molecular flexibility index (Phi) is 6.56. The molecule has 0 saturated carbocycles. The van der Waals surface area contributed by atoms with Crippen LogP contribution in [-0.2, 0) is 20.0 Å². The third-order valence-electron chi connectivity index (χ3n) is 4.06. The smallest absolute Gasteiger partial charge is 0.396 e. The van der Waals surface area contributed by atoms with Crippen molar-refractivity contribution in [2.75, 3.05) is 0 Å². The Morgan fingerprint density at radius 3 is 1.93 bits per heavy atom. The van der Waals surface area contributed by atoms with E-state index in [0.717, 1.165) is 22.5 Å². The minimum absolute atomic E-state index is 0.250. The summed E-state index contributed by atoms with van der Waals surface area (Å²) in [4.78, 5) is 0. The van der Waals surface area contributed by atoms with Crippen molar-refractivity contribution in [3.63, 3.8) is 0 Å². The quantitative estimate of drug-likeness (QED) is 0.424. The molecule has 4 nitrogen and oxygen atoms in total. The molecule has 0 radical (unpaired) electrons. The van der Waals surface area contributed by atoms with E-state index in [9.17, 15) is 4.57 Å². The minimum Gasteiger partial charge on any atom is -0.452 e. The van der Waals surface area contributed by atoms with E-state index in [0.29, 0.717) is 6.42 Å². The van der Waals surface area contributed by atoms with Crippen LogP contribution in [0.3, 0.4) is 0 Å². The van der Waals surface area contributed by atoms with E-state index in [4.69, 9.17) is 13.5 Å². The Hall–Kier alpha value is -2.13. The Labute approximate surface area is 167 Å². The summed E-state index contributed by atoms with van der Waals surface area (Å²) < 4.78 is 31.1. The molecule has 0 amide bonds. The second kappa shape index (κ2) is 8.91. The summed E-state index contributed by atoms with van der Waals surface area (Å²) in [7, 11) is -3.58. The lowest BCUT2D eigenvalue weighted by molar-refractivity contribution is 0.147. The van der Waals surface area contributed by atoms with Crippen molar-refractivity contribution in [3.8, 4) is 11.1 Å². The number of benzene rings is 2. The van der Waals surface area contributed by atoms with Gasteiger partial charge in [-0.2, -0.15) is 0 Å². The summed E-state index contributed by atoms with van der Waals surface area (Å²) in [6.07, 6.45) is 0.0777. The van der Waals surface area contributed by atoms with Gasteiger partial charge in [0.2, 0.25) is 5.50 Å². The molecular weight excluding hydrogens is 371 g/mol. The van der Waals surface area contributed by atoms with E-state index < -0.39 is 7.60 Å². The van der Waals surface area contributed by atoms with Crippen molar-refractivity contribution in [1.29, 1.82) is 0 Å². The lowest BCUT2D eigenvalue weighted by Gasteiger charge is -2.20. The highest BCUT2D eigenvalue weighted by Crippen LogP contribution is 2.50. The van der Waals surface area contributed by atoms with Crippen molar-refractivity contribution < 1.29 is 18.0 Å². The third-order valence-corrected chi connectivity index (χ3v) is 6.22. The van der Waals surface area contributed by atoms with Gasteiger partial charge in [-0.3, -0.25) is 4.57 Å². The van der Waals surface area contributed by atoms with Crippen molar-refractivity contribution in [1.82, 2.24) is 0 Å². The molecule has 0 aliphatic heterocycles. The van der Waals surface area contributed by atoms with E-state index in [2.05, 4.69) is 0 Å². The van der Waals surface area contributed by atoms with Gasteiger partial charge in [0.25, 0.3) is 0 Å². The molecule has 1 aromatic heterocycles. The normalized spacial score (nSPS) is 12.1. The highest BCUT2D eigenvalue weighted by molar-refractivity contribution is 7.61. The molecule has 28 heavy (non-hydrogen) atoms. The first-order valence-corrected chi connectivity index (χ1v) is 11.1. The lowest BCUT2D eigenvalue weighted by Crippen LogP contribution is -2.15. The SMILES string of the molecule is CC(C)OP(=O)(OC(C)C)c1cc(-c2ccccc2)c(Cc2ccccc2)o1. The summed E-state index contributed by atoms with van der Waals surface area (Å²) in [6.45, 7) is 7.34. The molecule has 0 spiro atoms. The molecule has 0 N–H and O–H groups in total. The predicted molar refractivity (Wildman–Crippen MR) is 113 cm³/mol. The molecule has 0 aliphatic carbocycles. The monoisotopic (exact) mass is 398 g/mol. The van der Waals surface area contributed by atoms with Crippen LogP contribution >= 0.6 is 7.60 Å². The fraction of sp³-hybridized carbons (Fsp3) is 0.304. The van der Waals surface area contributed by atoms with Gasteiger partial charge in [-0.15, -0.1) is 0 Å². The molecule has 3 rings (SSSR count). The summed E-state index contributed by atoms with van der Waals surface area (Å²) in [6, 6.07) is 21.8. The van der Waals surface area contributed by atoms with Gasteiger partial charge in [0, 0.05) is 18.1 Å². The van der Waals surface area contributed by atoms with Crippen LogP contribution in [0.5, 0.6) is 0 Å². The Morgan fingerprint density at radius 2 is 1.39 bits per heavy atom. The average Bonchev–Trinajstić information content (AvgIpc) is 3.06. The van der Waals surface area contributed by atoms with E-state index in [1.165, 1.54) is 0 Å². The maximum Gasteiger partial charge on any atom is 0.396 e. The molecule has 0 unspecified atom stereocenters. The van der Waals surface area contributed by atoms with E-state index in [-0.39, 0.29) is 17.7 Å². The first-order valence-electron chi connectivity index (χ1n) is 9.57. The number of rotatable bonds is 8. The van der Waals surface area contributed by atoms with Gasteiger partial charge < -0.3 is 13.5 Å². The van der Waals surface area contributed by atoms with Crippen LogP contribution < -0.4 is 5.50 Å². The van der Waals surface area contributed by atoms with Crippen molar-refractivity contribution >= 4 is 13.1 Å². The van der Waals surface area contributed by atoms with Crippen molar-refractivity contribution in [3.05, 3.63) is 78.1 Å². The molecule has 1 heterocycles. The number of hydrogen-bond acceptors (Lipinski definition) is 4. The summed E-state index contributed by atoms with van der Waals surface area (Å²) in [5.41, 5.74) is 3.27. The number of furan rings is 1. The molecular formula is C23H27O4P. The highest BCUT2D eigenvalue weighted by atomic mass is 31.2. The van der Waals surface area contributed by atoms with E-state index >= 15 is 0 Å².